The van der Waals surface area contributed by atoms with Gasteiger partial charge < -0.3 is 15.5 Å². The molecule has 0 aromatic rings. The summed E-state index contributed by atoms with van der Waals surface area (Å²) < 4.78 is 0. The highest BCUT2D eigenvalue weighted by molar-refractivity contribution is 5.80. The third-order valence-electron chi connectivity index (χ3n) is 3.59. The molecule has 5 heteroatoms. The molecule has 0 saturated carbocycles. The maximum Gasteiger partial charge on any atom is 0.225 e. The smallest absolute Gasteiger partial charge is 0.225 e. The van der Waals surface area contributed by atoms with Crippen molar-refractivity contribution in [1.82, 2.24) is 15.5 Å². The van der Waals surface area contributed by atoms with Gasteiger partial charge in [-0.25, -0.2) is 0 Å². The Morgan fingerprint density at radius 3 is 2.76 bits per heavy atom. The minimum absolute atomic E-state index is 0.0233. The van der Waals surface area contributed by atoms with Crippen molar-refractivity contribution < 1.29 is 9.59 Å². The van der Waals surface area contributed by atoms with Crippen molar-refractivity contribution in [2.45, 2.75) is 20.3 Å². The first kappa shape index (κ1) is 12.4. The Hall–Kier alpha value is -1.10. The monoisotopic (exact) mass is 239 g/mol. The van der Waals surface area contributed by atoms with Crippen LogP contribution >= 0.6 is 0 Å². The van der Waals surface area contributed by atoms with E-state index in [-0.39, 0.29) is 23.1 Å². The standard InChI is InChI=1S/C12H21N3O2/c1-9(2)11(17)15-4-3-13-6-12(8-15)5-10(16)14-7-12/h9,13H,3-8H2,1-2H3,(H,14,16)/t12-/m1/s1. The van der Waals surface area contributed by atoms with E-state index in [1.165, 1.54) is 0 Å². The number of nitrogens with zero attached hydrogens (tertiary/aromatic N) is 1. The van der Waals surface area contributed by atoms with Crippen LogP contribution in [-0.4, -0.2) is 49.4 Å². The van der Waals surface area contributed by atoms with Crippen molar-refractivity contribution in [3.8, 4) is 0 Å². The topological polar surface area (TPSA) is 61.4 Å². The van der Waals surface area contributed by atoms with Gasteiger partial charge in [0.1, 0.15) is 0 Å². The third kappa shape index (κ3) is 2.60. The molecule has 2 amide bonds. The molecule has 0 aromatic heterocycles. The van der Waals surface area contributed by atoms with Crippen molar-refractivity contribution in [3.05, 3.63) is 0 Å². The van der Waals surface area contributed by atoms with Crippen LogP contribution in [0.15, 0.2) is 0 Å². The van der Waals surface area contributed by atoms with Crippen molar-refractivity contribution in [1.29, 1.82) is 0 Å². The summed E-state index contributed by atoms with van der Waals surface area (Å²) in [7, 11) is 0. The summed E-state index contributed by atoms with van der Waals surface area (Å²) in [5.74, 6) is 0.313. The molecule has 17 heavy (non-hydrogen) atoms. The van der Waals surface area contributed by atoms with Crippen LogP contribution in [-0.2, 0) is 9.59 Å². The molecule has 2 heterocycles. The molecular formula is C12H21N3O2. The molecule has 1 spiro atoms. The minimum atomic E-state index is -0.0991. The Balaban J connectivity index is 2.10. The summed E-state index contributed by atoms with van der Waals surface area (Å²) in [6.45, 7) is 7.59. The lowest BCUT2D eigenvalue weighted by atomic mass is 9.86. The first-order valence-electron chi connectivity index (χ1n) is 6.29. The van der Waals surface area contributed by atoms with E-state index in [0.717, 1.165) is 19.6 Å². The molecule has 2 saturated heterocycles. The van der Waals surface area contributed by atoms with Gasteiger partial charge in [0.25, 0.3) is 0 Å². The highest BCUT2D eigenvalue weighted by atomic mass is 16.2. The van der Waals surface area contributed by atoms with Crippen molar-refractivity contribution in [2.24, 2.45) is 11.3 Å². The van der Waals surface area contributed by atoms with Gasteiger partial charge in [0, 0.05) is 50.5 Å². The lowest BCUT2D eigenvalue weighted by molar-refractivity contribution is -0.135. The van der Waals surface area contributed by atoms with Crippen LogP contribution in [0, 0.1) is 11.3 Å². The van der Waals surface area contributed by atoms with Crippen molar-refractivity contribution >= 4 is 11.8 Å². The van der Waals surface area contributed by atoms with Gasteiger partial charge in [-0.15, -0.1) is 0 Å². The summed E-state index contributed by atoms with van der Waals surface area (Å²) in [6, 6.07) is 0. The quantitative estimate of drug-likeness (QED) is 0.653. The number of nitrogens with one attached hydrogen (secondary N) is 2. The van der Waals surface area contributed by atoms with Gasteiger partial charge in [0.2, 0.25) is 11.8 Å². The van der Waals surface area contributed by atoms with Crippen LogP contribution < -0.4 is 10.6 Å². The first-order chi connectivity index (χ1) is 8.02. The van der Waals surface area contributed by atoms with Crippen LogP contribution in [0.1, 0.15) is 20.3 Å². The van der Waals surface area contributed by atoms with E-state index in [2.05, 4.69) is 10.6 Å². The number of carbonyl (C=O) groups excluding carboxylic acids is 2. The summed E-state index contributed by atoms with van der Waals surface area (Å²) in [4.78, 5) is 25.4. The number of amides is 2. The molecule has 0 aliphatic carbocycles. The predicted molar refractivity (Wildman–Crippen MR) is 64.3 cm³/mol. The van der Waals surface area contributed by atoms with Gasteiger partial charge >= 0.3 is 0 Å². The molecule has 0 aromatic carbocycles. The Bertz CT molecular complexity index is 330. The van der Waals surface area contributed by atoms with E-state index in [4.69, 9.17) is 0 Å². The fourth-order valence-electron chi connectivity index (χ4n) is 2.65. The van der Waals surface area contributed by atoms with Gasteiger partial charge in [-0.2, -0.15) is 0 Å². The second-order valence-corrected chi connectivity index (χ2v) is 5.54. The van der Waals surface area contributed by atoms with E-state index in [9.17, 15) is 9.59 Å². The van der Waals surface area contributed by atoms with E-state index >= 15 is 0 Å². The van der Waals surface area contributed by atoms with Crippen molar-refractivity contribution in [2.75, 3.05) is 32.7 Å². The van der Waals surface area contributed by atoms with Crippen LogP contribution in [0.4, 0.5) is 0 Å². The Kier molecular flexibility index (Phi) is 3.38. The molecule has 2 aliphatic heterocycles. The van der Waals surface area contributed by atoms with E-state index in [1.54, 1.807) is 0 Å². The van der Waals surface area contributed by atoms with Crippen LogP contribution in [0.25, 0.3) is 0 Å². The number of carbonyl (C=O) groups is 2. The molecule has 1 atom stereocenters. The van der Waals surface area contributed by atoms with Crippen LogP contribution in [0.5, 0.6) is 0 Å². The Morgan fingerprint density at radius 1 is 1.41 bits per heavy atom. The Labute approximate surface area is 102 Å². The van der Waals surface area contributed by atoms with E-state index in [1.807, 2.05) is 18.7 Å². The molecule has 2 fully saturated rings. The highest BCUT2D eigenvalue weighted by Gasteiger charge is 2.41. The summed E-state index contributed by atoms with van der Waals surface area (Å²) in [5.41, 5.74) is -0.0991. The van der Waals surface area contributed by atoms with E-state index < -0.39 is 0 Å². The zero-order chi connectivity index (χ0) is 12.5. The Morgan fingerprint density at radius 2 is 2.18 bits per heavy atom. The molecule has 5 nitrogen and oxygen atoms in total. The van der Waals surface area contributed by atoms with Crippen molar-refractivity contribution in [3.63, 3.8) is 0 Å². The minimum Gasteiger partial charge on any atom is -0.355 e. The fourth-order valence-corrected chi connectivity index (χ4v) is 2.65. The van der Waals surface area contributed by atoms with Crippen LogP contribution in [0.2, 0.25) is 0 Å². The summed E-state index contributed by atoms with van der Waals surface area (Å²) in [5, 5.41) is 6.22. The average molecular weight is 239 g/mol. The molecule has 0 bridgehead atoms. The molecule has 2 aliphatic rings. The van der Waals surface area contributed by atoms with Gasteiger partial charge in [0.15, 0.2) is 0 Å². The lowest BCUT2D eigenvalue weighted by Gasteiger charge is -2.31. The SMILES string of the molecule is CC(C)C(=O)N1CCNC[C@]2(CNC(=O)C2)C1. The second kappa shape index (κ2) is 4.64. The van der Waals surface area contributed by atoms with E-state index in [0.29, 0.717) is 19.5 Å². The zero-order valence-corrected chi connectivity index (χ0v) is 10.6. The molecule has 2 rings (SSSR count). The number of hydrogen-bond acceptors (Lipinski definition) is 3. The number of hydrogen-bond donors (Lipinski definition) is 2. The lowest BCUT2D eigenvalue weighted by Crippen LogP contribution is -2.44. The molecule has 0 radical (unpaired) electrons. The maximum absolute atomic E-state index is 12.1. The zero-order valence-electron chi connectivity index (χ0n) is 10.6. The first-order valence-corrected chi connectivity index (χ1v) is 6.29. The molecule has 0 unspecified atom stereocenters. The van der Waals surface area contributed by atoms with Gasteiger partial charge in [-0.05, 0) is 0 Å². The maximum atomic E-state index is 12.1. The predicted octanol–water partition coefficient (Wildman–Crippen LogP) is -0.419. The summed E-state index contributed by atoms with van der Waals surface area (Å²) in [6.07, 6.45) is 0.530. The molecule has 2 N–H and O–H groups in total. The number of rotatable bonds is 1. The van der Waals surface area contributed by atoms with Crippen LogP contribution in [0.3, 0.4) is 0 Å². The van der Waals surface area contributed by atoms with Gasteiger partial charge in [-0.3, -0.25) is 9.59 Å². The second-order valence-electron chi connectivity index (χ2n) is 5.54. The highest BCUT2D eigenvalue weighted by Crippen LogP contribution is 2.28. The van der Waals surface area contributed by atoms with Gasteiger partial charge in [0.05, 0.1) is 0 Å². The average Bonchev–Trinajstić information content (AvgIpc) is 2.51. The largest absolute Gasteiger partial charge is 0.355 e. The third-order valence-corrected chi connectivity index (χ3v) is 3.59. The fraction of sp³-hybridized carbons (Fsp3) is 0.833. The summed E-state index contributed by atoms with van der Waals surface area (Å²) >= 11 is 0. The molecule has 96 valence electrons. The van der Waals surface area contributed by atoms with Gasteiger partial charge in [-0.1, -0.05) is 13.8 Å². The molecular weight excluding hydrogens is 218 g/mol. The normalized spacial score (nSPS) is 29.6.